The van der Waals surface area contributed by atoms with Crippen LogP contribution in [0.3, 0.4) is 0 Å². The van der Waals surface area contributed by atoms with Gasteiger partial charge in [-0.25, -0.2) is 4.39 Å². The summed E-state index contributed by atoms with van der Waals surface area (Å²) in [6, 6.07) is 11.4. The zero-order valence-corrected chi connectivity index (χ0v) is 16.6. The second-order valence-corrected chi connectivity index (χ2v) is 7.31. The minimum absolute atomic E-state index is 0.0441. The molecule has 1 aromatic heterocycles. The SMILES string of the molecule is CCn1c(SCC(=O)Nc2ccc(F)c(Cl)c2)nnc1-c1cccc(Cl)c1. The lowest BCUT2D eigenvalue weighted by Gasteiger charge is -2.08. The van der Waals surface area contributed by atoms with Gasteiger partial charge in [0.25, 0.3) is 0 Å². The topological polar surface area (TPSA) is 59.8 Å². The number of carbonyl (C=O) groups is 1. The van der Waals surface area contributed by atoms with Crippen molar-refractivity contribution in [3.8, 4) is 11.4 Å². The summed E-state index contributed by atoms with van der Waals surface area (Å²) in [7, 11) is 0. The Hall–Kier alpha value is -2.09. The van der Waals surface area contributed by atoms with Crippen molar-refractivity contribution in [2.24, 2.45) is 0 Å². The Morgan fingerprint density at radius 1 is 1.22 bits per heavy atom. The number of aromatic nitrogens is 3. The van der Waals surface area contributed by atoms with Crippen molar-refractivity contribution in [3.63, 3.8) is 0 Å². The third-order valence-corrected chi connectivity index (χ3v) is 5.14. The molecule has 0 aliphatic carbocycles. The largest absolute Gasteiger partial charge is 0.325 e. The van der Waals surface area contributed by atoms with E-state index in [-0.39, 0.29) is 16.7 Å². The van der Waals surface area contributed by atoms with E-state index >= 15 is 0 Å². The quantitative estimate of drug-likeness (QED) is 0.556. The van der Waals surface area contributed by atoms with Gasteiger partial charge in [-0.15, -0.1) is 10.2 Å². The molecular formula is C18H15Cl2FN4OS. The number of halogens is 3. The van der Waals surface area contributed by atoms with Gasteiger partial charge in [0, 0.05) is 22.8 Å². The minimum Gasteiger partial charge on any atom is -0.325 e. The molecule has 0 saturated heterocycles. The van der Waals surface area contributed by atoms with Gasteiger partial charge < -0.3 is 9.88 Å². The lowest BCUT2D eigenvalue weighted by molar-refractivity contribution is -0.113. The normalized spacial score (nSPS) is 10.8. The van der Waals surface area contributed by atoms with Gasteiger partial charge in [-0.3, -0.25) is 4.79 Å². The Kier molecular flexibility index (Phi) is 6.36. The first kappa shape index (κ1) is 19.7. The average Bonchev–Trinajstić information content (AvgIpc) is 3.06. The first-order chi connectivity index (χ1) is 13.0. The van der Waals surface area contributed by atoms with Crippen molar-refractivity contribution in [1.82, 2.24) is 14.8 Å². The van der Waals surface area contributed by atoms with Crippen LogP contribution in [-0.4, -0.2) is 26.4 Å². The first-order valence-electron chi connectivity index (χ1n) is 8.04. The third kappa shape index (κ3) is 4.80. The summed E-state index contributed by atoms with van der Waals surface area (Å²) in [5.74, 6) is 0.0300. The smallest absolute Gasteiger partial charge is 0.234 e. The zero-order valence-electron chi connectivity index (χ0n) is 14.2. The van der Waals surface area contributed by atoms with Crippen LogP contribution in [-0.2, 0) is 11.3 Å². The molecule has 9 heteroatoms. The molecule has 0 bridgehead atoms. The highest BCUT2D eigenvalue weighted by Crippen LogP contribution is 2.26. The standard InChI is InChI=1S/C18H15Cl2FN4OS/c1-2-25-17(11-4-3-5-12(19)8-11)23-24-18(25)27-10-16(26)22-13-6-7-15(21)14(20)9-13/h3-9H,2,10H2,1H3,(H,22,26). The molecule has 3 rings (SSSR count). The number of thioether (sulfide) groups is 1. The molecule has 27 heavy (non-hydrogen) atoms. The number of carbonyl (C=O) groups excluding carboxylic acids is 1. The number of amides is 1. The number of nitrogens with one attached hydrogen (secondary N) is 1. The molecular weight excluding hydrogens is 410 g/mol. The van der Waals surface area contributed by atoms with Gasteiger partial charge in [-0.05, 0) is 37.3 Å². The molecule has 0 unspecified atom stereocenters. The number of benzene rings is 2. The highest BCUT2D eigenvalue weighted by Gasteiger charge is 2.15. The van der Waals surface area contributed by atoms with E-state index in [1.54, 1.807) is 6.07 Å². The van der Waals surface area contributed by atoms with Gasteiger partial charge >= 0.3 is 0 Å². The van der Waals surface area contributed by atoms with Crippen LogP contribution in [0.2, 0.25) is 10.0 Å². The summed E-state index contributed by atoms with van der Waals surface area (Å²) < 4.78 is 15.1. The Morgan fingerprint density at radius 3 is 2.74 bits per heavy atom. The van der Waals surface area contributed by atoms with Crippen molar-refractivity contribution in [1.29, 1.82) is 0 Å². The molecule has 2 aromatic carbocycles. The van der Waals surface area contributed by atoms with Gasteiger partial charge in [-0.1, -0.05) is 47.1 Å². The first-order valence-corrected chi connectivity index (χ1v) is 9.79. The van der Waals surface area contributed by atoms with Crippen LogP contribution < -0.4 is 5.32 Å². The monoisotopic (exact) mass is 424 g/mol. The Balaban J connectivity index is 1.69. The molecule has 0 aliphatic heterocycles. The highest BCUT2D eigenvalue weighted by atomic mass is 35.5. The van der Waals surface area contributed by atoms with Crippen molar-refractivity contribution < 1.29 is 9.18 Å². The van der Waals surface area contributed by atoms with E-state index in [0.29, 0.717) is 28.2 Å². The van der Waals surface area contributed by atoms with Gasteiger partial charge in [0.15, 0.2) is 11.0 Å². The van der Waals surface area contributed by atoms with Crippen LogP contribution in [0.4, 0.5) is 10.1 Å². The van der Waals surface area contributed by atoms with E-state index in [2.05, 4.69) is 15.5 Å². The maximum atomic E-state index is 13.2. The molecule has 140 valence electrons. The van der Waals surface area contributed by atoms with Crippen molar-refractivity contribution >= 4 is 46.6 Å². The fourth-order valence-corrected chi connectivity index (χ4v) is 3.60. The van der Waals surface area contributed by atoms with E-state index in [9.17, 15) is 9.18 Å². The number of hydrogen-bond acceptors (Lipinski definition) is 4. The predicted molar refractivity (Wildman–Crippen MR) is 107 cm³/mol. The van der Waals surface area contributed by atoms with Gasteiger partial charge in [0.1, 0.15) is 5.82 Å². The lowest BCUT2D eigenvalue weighted by atomic mass is 10.2. The van der Waals surface area contributed by atoms with E-state index in [4.69, 9.17) is 23.2 Å². The number of rotatable bonds is 6. The van der Waals surface area contributed by atoms with Crippen molar-refractivity contribution in [2.75, 3.05) is 11.1 Å². The van der Waals surface area contributed by atoms with Gasteiger partial charge in [0.2, 0.25) is 5.91 Å². The van der Waals surface area contributed by atoms with Crippen LogP contribution in [0, 0.1) is 5.82 Å². The summed E-state index contributed by atoms with van der Waals surface area (Å²) in [6.07, 6.45) is 0. The molecule has 1 heterocycles. The summed E-state index contributed by atoms with van der Waals surface area (Å²) >= 11 is 13.0. The number of nitrogens with zero attached hydrogens (tertiary/aromatic N) is 3. The summed E-state index contributed by atoms with van der Waals surface area (Å²) in [4.78, 5) is 12.2. The van der Waals surface area contributed by atoms with Crippen molar-refractivity contribution in [3.05, 3.63) is 58.3 Å². The zero-order chi connectivity index (χ0) is 19.4. The Bertz CT molecular complexity index is 980. The summed E-state index contributed by atoms with van der Waals surface area (Å²) in [5, 5.41) is 12.3. The van der Waals surface area contributed by atoms with E-state index < -0.39 is 5.82 Å². The molecule has 0 saturated carbocycles. The molecule has 0 radical (unpaired) electrons. The van der Waals surface area contributed by atoms with Crippen LogP contribution in [0.5, 0.6) is 0 Å². The fourth-order valence-electron chi connectivity index (χ4n) is 2.42. The lowest BCUT2D eigenvalue weighted by Crippen LogP contribution is -2.14. The number of anilines is 1. The molecule has 1 amide bonds. The second kappa shape index (κ2) is 8.73. The van der Waals surface area contributed by atoms with Gasteiger partial charge in [-0.2, -0.15) is 0 Å². The molecule has 5 nitrogen and oxygen atoms in total. The number of hydrogen-bond donors (Lipinski definition) is 1. The summed E-state index contributed by atoms with van der Waals surface area (Å²) in [5.41, 5.74) is 1.29. The van der Waals surface area contributed by atoms with E-state index in [0.717, 1.165) is 5.56 Å². The second-order valence-electron chi connectivity index (χ2n) is 5.53. The molecule has 0 aliphatic rings. The van der Waals surface area contributed by atoms with E-state index in [1.165, 1.54) is 30.0 Å². The Morgan fingerprint density at radius 2 is 2.04 bits per heavy atom. The van der Waals surface area contributed by atoms with Gasteiger partial charge in [0.05, 0.1) is 10.8 Å². The maximum Gasteiger partial charge on any atom is 0.234 e. The molecule has 0 fully saturated rings. The predicted octanol–water partition coefficient (Wildman–Crippen LogP) is 5.14. The molecule has 3 aromatic rings. The van der Waals surface area contributed by atoms with Crippen LogP contribution in [0.25, 0.3) is 11.4 Å². The fraction of sp³-hybridized carbons (Fsp3) is 0.167. The Labute approximate surface area is 169 Å². The molecule has 1 N–H and O–H groups in total. The molecule has 0 spiro atoms. The minimum atomic E-state index is -0.534. The van der Waals surface area contributed by atoms with Crippen LogP contribution in [0.1, 0.15) is 6.92 Å². The van der Waals surface area contributed by atoms with Crippen molar-refractivity contribution in [2.45, 2.75) is 18.6 Å². The third-order valence-electron chi connectivity index (χ3n) is 3.65. The highest BCUT2D eigenvalue weighted by molar-refractivity contribution is 7.99. The maximum absolute atomic E-state index is 13.2. The summed E-state index contributed by atoms with van der Waals surface area (Å²) in [6.45, 7) is 2.62. The van der Waals surface area contributed by atoms with Crippen LogP contribution in [0.15, 0.2) is 47.6 Å². The van der Waals surface area contributed by atoms with E-state index in [1.807, 2.05) is 29.7 Å². The average molecular weight is 425 g/mol. The molecule has 0 atom stereocenters. The van der Waals surface area contributed by atoms with Crippen LogP contribution >= 0.6 is 35.0 Å².